The summed E-state index contributed by atoms with van der Waals surface area (Å²) in [4.78, 5) is 12.7. The van der Waals surface area contributed by atoms with Crippen LogP contribution in [0.15, 0.2) is 47.5 Å². The minimum atomic E-state index is -2.92. The molecule has 1 saturated heterocycles. The summed E-state index contributed by atoms with van der Waals surface area (Å²) in [5.74, 6) is 1.60. The molecule has 0 saturated carbocycles. The predicted molar refractivity (Wildman–Crippen MR) is 120 cm³/mol. The molecule has 4 rings (SSSR count). The summed E-state index contributed by atoms with van der Waals surface area (Å²) >= 11 is 3.43. The molecule has 1 aliphatic heterocycles. The molecule has 1 aliphatic rings. The van der Waals surface area contributed by atoms with Crippen LogP contribution in [0, 0.1) is 0 Å². The van der Waals surface area contributed by atoms with Crippen molar-refractivity contribution < 1.29 is 18.3 Å². The Hall–Kier alpha value is -2.95. The minimum absolute atomic E-state index is 0.126. The van der Waals surface area contributed by atoms with Crippen LogP contribution in [0.4, 0.5) is 26.0 Å². The number of nitrogens with zero attached hydrogens (tertiary/aromatic N) is 6. The van der Waals surface area contributed by atoms with Gasteiger partial charge in [-0.2, -0.15) is 13.9 Å². The summed E-state index contributed by atoms with van der Waals surface area (Å²) in [6.45, 7) is -1.26. The molecule has 32 heavy (non-hydrogen) atoms. The molecular weight excluding hydrogens is 486 g/mol. The highest BCUT2D eigenvalue weighted by atomic mass is 79.9. The van der Waals surface area contributed by atoms with Gasteiger partial charge in [-0.1, -0.05) is 0 Å². The summed E-state index contributed by atoms with van der Waals surface area (Å²) in [6, 6.07) is 7.10. The summed E-state index contributed by atoms with van der Waals surface area (Å²) in [6.07, 6.45) is 6.66. The van der Waals surface area contributed by atoms with Gasteiger partial charge in [0.25, 0.3) is 0 Å². The van der Waals surface area contributed by atoms with Crippen molar-refractivity contribution in [2.75, 3.05) is 30.0 Å². The Morgan fingerprint density at radius 1 is 1.19 bits per heavy atom. The number of methoxy groups -OCH3 is 1. The van der Waals surface area contributed by atoms with Gasteiger partial charge in [0.2, 0.25) is 5.88 Å². The van der Waals surface area contributed by atoms with E-state index in [9.17, 15) is 8.78 Å². The third kappa shape index (κ3) is 4.77. The number of ether oxygens (including phenoxy) is 2. The molecule has 0 atom stereocenters. The molecular formula is C21H23BrF2N6O2. The van der Waals surface area contributed by atoms with Gasteiger partial charge >= 0.3 is 6.61 Å². The van der Waals surface area contributed by atoms with Crippen LogP contribution in [0.5, 0.6) is 11.6 Å². The molecule has 0 radical (unpaired) electrons. The van der Waals surface area contributed by atoms with E-state index >= 15 is 0 Å². The zero-order valence-corrected chi connectivity index (χ0v) is 19.2. The summed E-state index contributed by atoms with van der Waals surface area (Å²) < 4.78 is 37.7. The van der Waals surface area contributed by atoms with Crippen LogP contribution in [0.1, 0.15) is 12.8 Å². The van der Waals surface area contributed by atoms with Gasteiger partial charge in [0.15, 0.2) is 0 Å². The first-order valence-electron chi connectivity index (χ1n) is 10.1. The number of alkyl halides is 2. The Kier molecular flexibility index (Phi) is 6.73. The molecule has 0 aliphatic carbocycles. The molecule has 170 valence electrons. The van der Waals surface area contributed by atoms with Gasteiger partial charge in [0.05, 0.1) is 25.2 Å². The first kappa shape index (κ1) is 22.3. The number of hydrogen-bond donors (Lipinski definition) is 0. The maximum Gasteiger partial charge on any atom is 0.388 e. The van der Waals surface area contributed by atoms with Gasteiger partial charge in [0, 0.05) is 50.6 Å². The maximum atomic E-state index is 12.5. The van der Waals surface area contributed by atoms with E-state index in [1.54, 1.807) is 31.6 Å². The molecule has 1 fully saturated rings. The Balaban J connectivity index is 1.61. The third-order valence-electron chi connectivity index (χ3n) is 5.43. The van der Waals surface area contributed by atoms with Crippen molar-refractivity contribution in [1.82, 2.24) is 19.7 Å². The molecule has 0 N–H and O–H groups in total. The van der Waals surface area contributed by atoms with Crippen molar-refractivity contribution in [2.24, 2.45) is 7.05 Å². The van der Waals surface area contributed by atoms with E-state index in [1.165, 1.54) is 12.3 Å². The molecule has 4 heterocycles. The minimum Gasteiger partial charge on any atom is -0.494 e. The monoisotopic (exact) mass is 508 g/mol. The summed E-state index contributed by atoms with van der Waals surface area (Å²) in [5.41, 5.74) is 1.54. The number of aryl methyl sites for hydroxylation is 1. The molecule has 0 unspecified atom stereocenters. The molecule has 0 bridgehead atoms. The smallest absolute Gasteiger partial charge is 0.388 e. The molecule has 0 spiro atoms. The molecule has 3 aromatic rings. The Morgan fingerprint density at radius 2 is 1.97 bits per heavy atom. The van der Waals surface area contributed by atoms with Crippen LogP contribution in [-0.2, 0) is 7.05 Å². The fraction of sp³-hybridized carbons (Fsp3) is 0.381. The average Bonchev–Trinajstić information content (AvgIpc) is 3.13. The van der Waals surface area contributed by atoms with Crippen molar-refractivity contribution in [2.45, 2.75) is 25.5 Å². The van der Waals surface area contributed by atoms with Crippen molar-refractivity contribution in [3.63, 3.8) is 0 Å². The van der Waals surface area contributed by atoms with Gasteiger partial charge in [-0.15, -0.1) is 0 Å². The average molecular weight is 509 g/mol. The molecule has 0 aromatic carbocycles. The number of rotatable bonds is 7. The fourth-order valence-corrected chi connectivity index (χ4v) is 4.46. The lowest BCUT2D eigenvalue weighted by Gasteiger charge is -2.40. The van der Waals surface area contributed by atoms with E-state index < -0.39 is 6.61 Å². The SMILES string of the molecule is COc1ccncc1N(c1ccc(OC(F)F)nc1)C1CCN(c2cc(Br)nn2C)CC1. The van der Waals surface area contributed by atoms with Crippen molar-refractivity contribution in [3.05, 3.63) is 47.5 Å². The standard InChI is InChI=1S/C21H23BrF2N6O2/c1-28-20(11-18(22)27-28)29-9-6-14(7-10-29)30(16-13-25-8-5-17(16)31-2)15-3-4-19(26-12-15)32-21(23)24/h3-5,8,11-14,21H,6-7,9-10H2,1-2H3. The molecule has 11 heteroatoms. The number of piperidine rings is 1. The van der Waals surface area contributed by atoms with Crippen LogP contribution >= 0.6 is 15.9 Å². The fourth-order valence-electron chi connectivity index (χ4n) is 4.02. The third-order valence-corrected chi connectivity index (χ3v) is 5.82. The van der Waals surface area contributed by atoms with E-state index in [-0.39, 0.29) is 11.9 Å². The summed E-state index contributed by atoms with van der Waals surface area (Å²) in [7, 11) is 3.53. The largest absolute Gasteiger partial charge is 0.494 e. The van der Waals surface area contributed by atoms with E-state index in [0.29, 0.717) is 5.75 Å². The number of pyridine rings is 2. The first-order chi connectivity index (χ1) is 15.5. The molecule has 3 aromatic heterocycles. The maximum absolute atomic E-state index is 12.5. The van der Waals surface area contributed by atoms with Crippen LogP contribution < -0.4 is 19.3 Å². The lowest BCUT2D eigenvalue weighted by Crippen LogP contribution is -2.44. The number of halogens is 3. The van der Waals surface area contributed by atoms with Crippen molar-refractivity contribution in [3.8, 4) is 11.6 Å². The van der Waals surface area contributed by atoms with Gasteiger partial charge in [-0.3, -0.25) is 9.67 Å². The lowest BCUT2D eigenvalue weighted by atomic mass is 10.0. The highest BCUT2D eigenvalue weighted by Gasteiger charge is 2.29. The Bertz CT molecular complexity index is 1040. The lowest BCUT2D eigenvalue weighted by molar-refractivity contribution is -0.0528. The van der Waals surface area contributed by atoms with E-state index in [2.05, 4.69) is 45.5 Å². The van der Waals surface area contributed by atoms with E-state index in [0.717, 1.165) is 47.7 Å². The van der Waals surface area contributed by atoms with Crippen LogP contribution in [0.25, 0.3) is 0 Å². The topological polar surface area (TPSA) is 68.5 Å². The highest BCUT2D eigenvalue weighted by molar-refractivity contribution is 9.10. The van der Waals surface area contributed by atoms with Crippen LogP contribution in [0.2, 0.25) is 0 Å². The number of hydrogen-bond acceptors (Lipinski definition) is 7. The van der Waals surface area contributed by atoms with E-state index in [4.69, 9.17) is 4.74 Å². The Labute approximate surface area is 192 Å². The second-order valence-electron chi connectivity index (χ2n) is 7.32. The van der Waals surface area contributed by atoms with Gasteiger partial charge in [-0.25, -0.2) is 4.98 Å². The van der Waals surface area contributed by atoms with E-state index in [1.807, 2.05) is 17.8 Å². The van der Waals surface area contributed by atoms with Crippen LogP contribution in [0.3, 0.4) is 0 Å². The quantitative estimate of drug-likeness (QED) is 0.468. The zero-order chi connectivity index (χ0) is 22.7. The highest BCUT2D eigenvalue weighted by Crippen LogP contribution is 2.38. The Morgan fingerprint density at radius 3 is 2.56 bits per heavy atom. The normalized spacial score (nSPS) is 14.6. The molecule has 8 nitrogen and oxygen atoms in total. The second-order valence-corrected chi connectivity index (χ2v) is 8.13. The van der Waals surface area contributed by atoms with Gasteiger partial charge in [-0.05, 0) is 34.8 Å². The van der Waals surface area contributed by atoms with Gasteiger partial charge in [0.1, 0.15) is 21.9 Å². The van der Waals surface area contributed by atoms with Gasteiger partial charge < -0.3 is 19.3 Å². The van der Waals surface area contributed by atoms with Crippen LogP contribution in [-0.4, -0.2) is 52.6 Å². The number of anilines is 3. The number of aromatic nitrogens is 4. The van der Waals surface area contributed by atoms with Crippen molar-refractivity contribution >= 4 is 33.1 Å². The summed E-state index contributed by atoms with van der Waals surface area (Å²) in [5, 5.41) is 4.37. The van der Waals surface area contributed by atoms with Crippen molar-refractivity contribution in [1.29, 1.82) is 0 Å². The second kappa shape index (κ2) is 9.68. The molecule has 0 amide bonds. The predicted octanol–water partition coefficient (Wildman–Crippen LogP) is 4.39. The first-order valence-corrected chi connectivity index (χ1v) is 10.9. The zero-order valence-electron chi connectivity index (χ0n) is 17.7.